The summed E-state index contributed by atoms with van der Waals surface area (Å²) < 4.78 is 0. The molecule has 0 radical (unpaired) electrons. The van der Waals surface area contributed by atoms with Gasteiger partial charge in [-0.25, -0.2) is 0 Å². The summed E-state index contributed by atoms with van der Waals surface area (Å²) in [7, 11) is 0. The van der Waals surface area contributed by atoms with Gasteiger partial charge in [-0.2, -0.15) is 0 Å². The Morgan fingerprint density at radius 3 is 2.33 bits per heavy atom. The number of hydrogen-bond donors (Lipinski definition) is 1. The van der Waals surface area contributed by atoms with Gasteiger partial charge in [0.15, 0.2) is 0 Å². The van der Waals surface area contributed by atoms with E-state index in [4.69, 9.17) is 0 Å². The van der Waals surface area contributed by atoms with Crippen molar-refractivity contribution in [1.29, 1.82) is 0 Å². The Morgan fingerprint density at radius 2 is 1.72 bits per heavy atom. The molecular formula is C14H17NO3. The molecule has 1 N–H and O–H groups in total. The van der Waals surface area contributed by atoms with E-state index in [-0.39, 0.29) is 11.8 Å². The summed E-state index contributed by atoms with van der Waals surface area (Å²) in [5, 5.41) is 9.97. The first-order valence-electron chi connectivity index (χ1n) is 6.24. The van der Waals surface area contributed by atoms with E-state index < -0.39 is 6.10 Å². The number of carbonyl (C=O) groups excluding carboxylic acids is 2. The number of imide groups is 1. The van der Waals surface area contributed by atoms with Crippen LogP contribution in [0.25, 0.3) is 0 Å². The highest BCUT2D eigenvalue weighted by atomic mass is 16.3. The summed E-state index contributed by atoms with van der Waals surface area (Å²) in [5.41, 5.74) is 0.814. The Hall–Kier alpha value is -1.68. The number of aliphatic hydroxyl groups is 1. The van der Waals surface area contributed by atoms with Crippen LogP contribution in [0.5, 0.6) is 0 Å². The van der Waals surface area contributed by atoms with Crippen molar-refractivity contribution in [2.45, 2.75) is 31.8 Å². The summed E-state index contributed by atoms with van der Waals surface area (Å²) in [6.45, 7) is 0.299. The first-order chi connectivity index (χ1) is 8.68. The van der Waals surface area contributed by atoms with Gasteiger partial charge in [-0.3, -0.25) is 14.5 Å². The fourth-order valence-electron chi connectivity index (χ4n) is 2.14. The zero-order chi connectivity index (χ0) is 13.0. The van der Waals surface area contributed by atoms with Gasteiger partial charge in [0.25, 0.3) is 0 Å². The van der Waals surface area contributed by atoms with Crippen molar-refractivity contribution >= 4 is 11.8 Å². The topological polar surface area (TPSA) is 57.6 Å². The molecular weight excluding hydrogens is 230 g/mol. The van der Waals surface area contributed by atoms with Crippen LogP contribution in [0.4, 0.5) is 0 Å². The zero-order valence-electron chi connectivity index (χ0n) is 10.2. The molecule has 2 amide bonds. The van der Waals surface area contributed by atoms with E-state index in [1.54, 1.807) is 0 Å². The molecule has 2 rings (SSSR count). The minimum absolute atomic E-state index is 0.119. The lowest BCUT2D eigenvalue weighted by Crippen LogP contribution is -2.41. The van der Waals surface area contributed by atoms with E-state index in [0.717, 1.165) is 5.56 Å². The maximum absolute atomic E-state index is 11.6. The van der Waals surface area contributed by atoms with E-state index in [1.165, 1.54) is 4.90 Å². The van der Waals surface area contributed by atoms with Gasteiger partial charge in [-0.15, -0.1) is 0 Å². The third kappa shape index (κ3) is 2.96. The lowest BCUT2D eigenvalue weighted by molar-refractivity contribution is -0.148. The summed E-state index contributed by atoms with van der Waals surface area (Å²) in [5.74, 6) is -0.238. The summed E-state index contributed by atoms with van der Waals surface area (Å²) in [4.78, 5) is 24.4. The van der Waals surface area contributed by atoms with E-state index >= 15 is 0 Å². The number of piperidine rings is 1. The Balaban J connectivity index is 1.91. The second-order valence-electron chi connectivity index (χ2n) is 4.51. The monoisotopic (exact) mass is 247 g/mol. The largest absolute Gasteiger partial charge is 0.388 e. The molecule has 0 aromatic heterocycles. The van der Waals surface area contributed by atoms with Crippen LogP contribution < -0.4 is 0 Å². The maximum Gasteiger partial charge on any atom is 0.229 e. The first-order valence-corrected chi connectivity index (χ1v) is 6.24. The highest BCUT2D eigenvalue weighted by Gasteiger charge is 2.26. The number of benzene rings is 1. The molecule has 1 fully saturated rings. The second-order valence-corrected chi connectivity index (χ2v) is 4.51. The van der Waals surface area contributed by atoms with Crippen LogP contribution in [0, 0.1) is 0 Å². The van der Waals surface area contributed by atoms with E-state index in [1.807, 2.05) is 30.3 Å². The van der Waals surface area contributed by atoms with Gasteiger partial charge in [0.1, 0.15) is 0 Å². The van der Waals surface area contributed by atoms with Crippen LogP contribution in [-0.2, 0) is 9.59 Å². The third-order valence-corrected chi connectivity index (χ3v) is 3.19. The molecule has 0 spiro atoms. The maximum atomic E-state index is 11.6. The Bertz CT molecular complexity index is 414. The SMILES string of the molecule is O=C1CCCC(=O)N1CCC(O)c1ccccc1. The molecule has 1 saturated heterocycles. The molecule has 96 valence electrons. The summed E-state index contributed by atoms with van der Waals surface area (Å²) in [6, 6.07) is 9.27. The van der Waals surface area contributed by atoms with Crippen molar-refractivity contribution in [2.24, 2.45) is 0 Å². The van der Waals surface area contributed by atoms with Crippen molar-refractivity contribution in [2.75, 3.05) is 6.54 Å². The Morgan fingerprint density at radius 1 is 1.11 bits per heavy atom. The highest BCUT2D eigenvalue weighted by molar-refractivity contribution is 5.97. The number of amides is 2. The van der Waals surface area contributed by atoms with Crippen molar-refractivity contribution in [3.05, 3.63) is 35.9 Å². The van der Waals surface area contributed by atoms with E-state index in [9.17, 15) is 14.7 Å². The zero-order valence-corrected chi connectivity index (χ0v) is 10.2. The summed E-state index contributed by atoms with van der Waals surface area (Å²) >= 11 is 0. The molecule has 0 aliphatic carbocycles. The quantitative estimate of drug-likeness (QED) is 0.823. The molecule has 1 unspecified atom stereocenters. The molecule has 4 heteroatoms. The highest BCUT2D eigenvalue weighted by Crippen LogP contribution is 2.19. The molecule has 1 atom stereocenters. The van der Waals surface area contributed by atoms with Crippen LogP contribution in [0.15, 0.2) is 30.3 Å². The number of aliphatic hydroxyl groups excluding tert-OH is 1. The Labute approximate surface area is 106 Å². The summed E-state index contributed by atoms with van der Waals surface area (Å²) in [6.07, 6.45) is 1.28. The lowest BCUT2D eigenvalue weighted by Gasteiger charge is -2.25. The lowest BCUT2D eigenvalue weighted by atomic mass is 10.0. The molecule has 1 aliphatic rings. The van der Waals surface area contributed by atoms with Gasteiger partial charge in [0.05, 0.1) is 6.10 Å². The number of hydrogen-bond acceptors (Lipinski definition) is 3. The van der Waals surface area contributed by atoms with Crippen molar-refractivity contribution in [3.8, 4) is 0 Å². The smallest absolute Gasteiger partial charge is 0.229 e. The molecule has 1 aromatic rings. The van der Waals surface area contributed by atoms with Gasteiger partial charge in [-0.1, -0.05) is 30.3 Å². The molecule has 0 saturated carbocycles. The second kappa shape index (κ2) is 5.78. The van der Waals surface area contributed by atoms with Crippen LogP contribution in [-0.4, -0.2) is 28.4 Å². The standard InChI is InChI=1S/C14H17NO3/c16-12(11-5-2-1-3-6-11)9-10-15-13(17)7-4-8-14(15)18/h1-3,5-6,12,16H,4,7-10H2. The van der Waals surface area contributed by atoms with Gasteiger partial charge < -0.3 is 5.11 Å². The minimum Gasteiger partial charge on any atom is -0.388 e. The van der Waals surface area contributed by atoms with Crippen LogP contribution in [0.3, 0.4) is 0 Å². The number of nitrogens with zero attached hydrogens (tertiary/aromatic N) is 1. The van der Waals surface area contributed by atoms with Crippen molar-refractivity contribution in [1.82, 2.24) is 4.90 Å². The van der Waals surface area contributed by atoms with Gasteiger partial charge in [0, 0.05) is 19.4 Å². The Kier molecular flexibility index (Phi) is 4.10. The normalized spacial score (nSPS) is 17.9. The van der Waals surface area contributed by atoms with Crippen LogP contribution in [0.1, 0.15) is 37.4 Å². The van der Waals surface area contributed by atoms with Crippen molar-refractivity contribution in [3.63, 3.8) is 0 Å². The number of rotatable bonds is 4. The van der Waals surface area contributed by atoms with E-state index in [0.29, 0.717) is 32.2 Å². The average molecular weight is 247 g/mol. The molecule has 18 heavy (non-hydrogen) atoms. The number of likely N-dealkylation sites (tertiary alicyclic amines) is 1. The molecule has 0 bridgehead atoms. The third-order valence-electron chi connectivity index (χ3n) is 3.19. The van der Waals surface area contributed by atoms with Gasteiger partial charge >= 0.3 is 0 Å². The predicted octanol–water partition coefficient (Wildman–Crippen LogP) is 1.65. The minimum atomic E-state index is -0.631. The van der Waals surface area contributed by atoms with Crippen molar-refractivity contribution < 1.29 is 14.7 Å². The van der Waals surface area contributed by atoms with Gasteiger partial charge in [0.2, 0.25) is 11.8 Å². The van der Waals surface area contributed by atoms with Crippen LogP contribution >= 0.6 is 0 Å². The fraction of sp³-hybridized carbons (Fsp3) is 0.429. The van der Waals surface area contributed by atoms with Gasteiger partial charge in [-0.05, 0) is 18.4 Å². The average Bonchev–Trinajstić information content (AvgIpc) is 2.39. The number of carbonyl (C=O) groups is 2. The first kappa shape index (κ1) is 12.8. The molecule has 1 heterocycles. The molecule has 4 nitrogen and oxygen atoms in total. The van der Waals surface area contributed by atoms with E-state index in [2.05, 4.69) is 0 Å². The molecule has 1 aliphatic heterocycles. The predicted molar refractivity (Wildman–Crippen MR) is 66.6 cm³/mol. The van der Waals surface area contributed by atoms with Crippen LogP contribution in [0.2, 0.25) is 0 Å². The fourth-order valence-corrected chi connectivity index (χ4v) is 2.14. The molecule has 1 aromatic carbocycles.